The fourth-order valence-corrected chi connectivity index (χ4v) is 3.69. The van der Waals surface area contributed by atoms with Crippen molar-refractivity contribution in [2.45, 2.75) is 24.5 Å². The predicted molar refractivity (Wildman–Crippen MR) is 86.7 cm³/mol. The summed E-state index contributed by atoms with van der Waals surface area (Å²) in [6.45, 7) is -0.417. The molecule has 1 saturated heterocycles. The molecule has 3 aromatic rings. The third-order valence-corrected chi connectivity index (χ3v) is 4.92. The average molecular weight is 349 g/mol. The minimum atomic E-state index is -1.24. The molecular formula is C15H15N3O5S. The Morgan fingerprint density at radius 2 is 2.21 bits per heavy atom. The van der Waals surface area contributed by atoms with Gasteiger partial charge in [-0.05, 0) is 22.4 Å². The zero-order valence-electron chi connectivity index (χ0n) is 12.4. The first-order valence-corrected chi connectivity index (χ1v) is 8.29. The molecule has 9 heteroatoms. The Kier molecular flexibility index (Phi) is 3.74. The summed E-state index contributed by atoms with van der Waals surface area (Å²) < 4.78 is 7.09. The van der Waals surface area contributed by atoms with Crippen molar-refractivity contribution < 1.29 is 20.1 Å². The third-order valence-electron chi connectivity index (χ3n) is 4.24. The lowest BCUT2D eigenvalue weighted by molar-refractivity contribution is -0.0508. The largest absolute Gasteiger partial charge is 0.394 e. The van der Waals surface area contributed by atoms with Crippen LogP contribution in [0.5, 0.6) is 0 Å². The van der Waals surface area contributed by atoms with E-state index in [0.29, 0.717) is 16.6 Å². The Morgan fingerprint density at radius 3 is 2.88 bits per heavy atom. The molecule has 3 aromatic heterocycles. The standard InChI is InChI=1S/C15H15N3O5S/c19-4-9-11(20)12(21)15(23-9)18-3-8(7-1-2-24-5-7)10-13(18)16-6-17-14(10)22/h1-3,5-6,9,11-12,15,19-21H,4H2,(H,16,17,22)/t9-,11-,12-,15-/m1/s1. The van der Waals surface area contributed by atoms with Gasteiger partial charge in [0.1, 0.15) is 24.0 Å². The van der Waals surface area contributed by atoms with E-state index in [2.05, 4.69) is 9.97 Å². The van der Waals surface area contributed by atoms with Gasteiger partial charge >= 0.3 is 0 Å². The molecule has 0 bridgehead atoms. The molecule has 4 atom stereocenters. The van der Waals surface area contributed by atoms with Crippen LogP contribution in [0.25, 0.3) is 22.2 Å². The molecule has 4 heterocycles. The second-order valence-corrected chi connectivity index (χ2v) is 6.40. The number of aromatic amines is 1. The molecule has 8 nitrogen and oxygen atoms in total. The highest BCUT2D eigenvalue weighted by Gasteiger charge is 2.44. The van der Waals surface area contributed by atoms with Crippen LogP contribution in [0.1, 0.15) is 6.23 Å². The summed E-state index contributed by atoms with van der Waals surface area (Å²) >= 11 is 1.50. The Bertz CT molecular complexity index is 919. The van der Waals surface area contributed by atoms with Crippen molar-refractivity contribution in [3.63, 3.8) is 0 Å². The molecule has 126 valence electrons. The number of hydrogen-bond acceptors (Lipinski definition) is 7. The number of aliphatic hydroxyl groups is 3. The van der Waals surface area contributed by atoms with Crippen molar-refractivity contribution in [1.82, 2.24) is 14.5 Å². The molecule has 0 unspecified atom stereocenters. The number of hydrogen-bond donors (Lipinski definition) is 4. The van der Waals surface area contributed by atoms with Gasteiger partial charge in [-0.3, -0.25) is 4.79 Å². The monoisotopic (exact) mass is 349 g/mol. The van der Waals surface area contributed by atoms with E-state index in [0.717, 1.165) is 5.56 Å². The van der Waals surface area contributed by atoms with E-state index in [1.165, 1.54) is 22.2 Å². The summed E-state index contributed by atoms with van der Waals surface area (Å²) in [5, 5.41) is 33.7. The van der Waals surface area contributed by atoms with Crippen molar-refractivity contribution in [3.8, 4) is 11.1 Å². The Morgan fingerprint density at radius 1 is 1.38 bits per heavy atom. The van der Waals surface area contributed by atoms with E-state index in [4.69, 9.17) is 4.74 Å². The van der Waals surface area contributed by atoms with Gasteiger partial charge in [0.2, 0.25) is 0 Å². The molecule has 0 spiro atoms. The lowest BCUT2D eigenvalue weighted by Gasteiger charge is -2.17. The van der Waals surface area contributed by atoms with Crippen LogP contribution >= 0.6 is 11.3 Å². The van der Waals surface area contributed by atoms with E-state index in [-0.39, 0.29) is 5.56 Å². The SMILES string of the molecule is O=c1[nH]cnc2c1c(-c1ccsc1)cn2[C@@H]1O[C@H](CO)[C@@H](O)[C@H]1O. The normalized spacial score (nSPS) is 27.1. The van der Waals surface area contributed by atoms with Crippen molar-refractivity contribution in [2.75, 3.05) is 6.61 Å². The highest BCUT2D eigenvalue weighted by Crippen LogP contribution is 2.35. The molecule has 1 aliphatic heterocycles. The number of thiophene rings is 1. The maximum atomic E-state index is 12.3. The fourth-order valence-electron chi connectivity index (χ4n) is 3.03. The van der Waals surface area contributed by atoms with Gasteiger partial charge in [0.15, 0.2) is 6.23 Å². The fraction of sp³-hybridized carbons (Fsp3) is 0.333. The molecule has 1 fully saturated rings. The Balaban J connectivity index is 1.91. The molecule has 4 N–H and O–H groups in total. The van der Waals surface area contributed by atoms with E-state index < -0.39 is 31.1 Å². The molecule has 4 rings (SSSR count). The molecule has 0 saturated carbocycles. The Hall–Kier alpha value is -2.04. The van der Waals surface area contributed by atoms with Crippen LogP contribution in [0.4, 0.5) is 0 Å². The van der Waals surface area contributed by atoms with Crippen LogP contribution in [0.2, 0.25) is 0 Å². The summed E-state index contributed by atoms with van der Waals surface area (Å²) in [4.78, 5) is 19.0. The minimum Gasteiger partial charge on any atom is -0.394 e. The number of rotatable bonds is 3. The van der Waals surface area contributed by atoms with E-state index in [9.17, 15) is 20.1 Å². The van der Waals surface area contributed by atoms with Crippen molar-refractivity contribution in [2.24, 2.45) is 0 Å². The smallest absolute Gasteiger partial charge is 0.260 e. The molecule has 1 aliphatic rings. The van der Waals surface area contributed by atoms with Crippen molar-refractivity contribution in [1.29, 1.82) is 0 Å². The minimum absolute atomic E-state index is 0.299. The topological polar surface area (TPSA) is 121 Å². The second kappa shape index (κ2) is 5.80. The van der Waals surface area contributed by atoms with Gasteiger partial charge in [-0.2, -0.15) is 11.3 Å². The number of nitrogens with one attached hydrogen (secondary N) is 1. The first-order chi connectivity index (χ1) is 11.6. The second-order valence-electron chi connectivity index (χ2n) is 5.62. The van der Waals surface area contributed by atoms with Crippen LogP contribution < -0.4 is 5.56 Å². The summed E-state index contributed by atoms with van der Waals surface area (Å²) in [6.07, 6.45) is -1.34. The first-order valence-electron chi connectivity index (χ1n) is 7.35. The molecule has 0 aliphatic carbocycles. The molecule has 0 radical (unpaired) electrons. The van der Waals surface area contributed by atoms with Gasteiger partial charge < -0.3 is 29.6 Å². The molecule has 0 aromatic carbocycles. The van der Waals surface area contributed by atoms with Gasteiger partial charge in [0, 0.05) is 11.8 Å². The average Bonchev–Trinajstić information content (AvgIpc) is 3.28. The maximum absolute atomic E-state index is 12.3. The van der Waals surface area contributed by atoms with Gasteiger partial charge in [-0.1, -0.05) is 0 Å². The zero-order valence-corrected chi connectivity index (χ0v) is 13.2. The van der Waals surface area contributed by atoms with Gasteiger partial charge in [-0.25, -0.2) is 4.98 Å². The number of H-pyrrole nitrogens is 1. The number of aliphatic hydroxyl groups excluding tert-OH is 3. The van der Waals surface area contributed by atoms with E-state index in [1.54, 1.807) is 6.20 Å². The van der Waals surface area contributed by atoms with Gasteiger partial charge in [0.05, 0.1) is 18.3 Å². The lowest BCUT2D eigenvalue weighted by atomic mass is 10.1. The highest BCUT2D eigenvalue weighted by atomic mass is 32.1. The third kappa shape index (κ3) is 2.21. The van der Waals surface area contributed by atoms with Crippen LogP contribution in [0.15, 0.2) is 34.1 Å². The summed E-state index contributed by atoms with van der Waals surface area (Å²) in [5.41, 5.74) is 1.56. The highest BCUT2D eigenvalue weighted by molar-refractivity contribution is 7.08. The molecular weight excluding hydrogens is 334 g/mol. The van der Waals surface area contributed by atoms with Crippen molar-refractivity contribution in [3.05, 3.63) is 39.7 Å². The number of ether oxygens (including phenoxy) is 1. The summed E-state index contributed by atoms with van der Waals surface area (Å²) in [6, 6.07) is 1.88. The van der Waals surface area contributed by atoms with Crippen LogP contribution in [-0.4, -0.2) is 54.8 Å². The van der Waals surface area contributed by atoms with Gasteiger partial charge in [-0.15, -0.1) is 0 Å². The molecule has 0 amide bonds. The number of aromatic nitrogens is 3. The van der Waals surface area contributed by atoms with Crippen LogP contribution in [-0.2, 0) is 4.74 Å². The van der Waals surface area contributed by atoms with Crippen LogP contribution in [0, 0.1) is 0 Å². The van der Waals surface area contributed by atoms with Crippen LogP contribution in [0.3, 0.4) is 0 Å². The summed E-state index contributed by atoms with van der Waals surface area (Å²) in [5.74, 6) is 0. The molecule has 24 heavy (non-hydrogen) atoms. The zero-order chi connectivity index (χ0) is 16.8. The number of nitrogens with zero attached hydrogens (tertiary/aromatic N) is 2. The first kappa shape index (κ1) is 15.5. The van der Waals surface area contributed by atoms with E-state index >= 15 is 0 Å². The van der Waals surface area contributed by atoms with E-state index in [1.807, 2.05) is 16.8 Å². The van der Waals surface area contributed by atoms with Crippen molar-refractivity contribution >= 4 is 22.4 Å². The maximum Gasteiger partial charge on any atom is 0.260 e. The lowest BCUT2D eigenvalue weighted by Crippen LogP contribution is -2.33. The number of fused-ring (bicyclic) bond motifs is 1. The Labute approximate surface area is 139 Å². The van der Waals surface area contributed by atoms with Gasteiger partial charge in [0.25, 0.3) is 5.56 Å². The quantitative estimate of drug-likeness (QED) is 0.531. The summed E-state index contributed by atoms with van der Waals surface area (Å²) in [7, 11) is 0. The predicted octanol–water partition coefficient (Wildman–Crippen LogP) is 0.0646.